The van der Waals surface area contributed by atoms with E-state index in [4.69, 9.17) is 11.6 Å². The Morgan fingerprint density at radius 1 is 1.35 bits per heavy atom. The number of halogens is 4. The van der Waals surface area contributed by atoms with E-state index in [0.29, 0.717) is 11.0 Å². The first-order chi connectivity index (χ1) is 12.1. The SMILES string of the molecule is CSc1nnc(CNC(=O)Nc2ccc(Cl)c(C(F)(F)F)c2)n1C(C)C. The number of urea groups is 1. The highest BCUT2D eigenvalue weighted by atomic mass is 35.5. The number of benzene rings is 1. The number of carbonyl (C=O) groups excluding carboxylic acids is 1. The first-order valence-corrected chi connectivity index (χ1v) is 9.13. The molecule has 1 aromatic carbocycles. The zero-order valence-electron chi connectivity index (χ0n) is 14.2. The highest BCUT2D eigenvalue weighted by Crippen LogP contribution is 2.36. The van der Waals surface area contributed by atoms with E-state index in [-0.39, 0.29) is 18.3 Å². The molecule has 0 saturated carbocycles. The summed E-state index contributed by atoms with van der Waals surface area (Å²) in [7, 11) is 0. The number of nitrogens with one attached hydrogen (secondary N) is 2. The molecule has 0 saturated heterocycles. The maximum Gasteiger partial charge on any atom is 0.417 e. The molecule has 2 rings (SSSR count). The van der Waals surface area contributed by atoms with Crippen LogP contribution in [0, 0.1) is 0 Å². The van der Waals surface area contributed by atoms with Crippen LogP contribution in [0.1, 0.15) is 31.3 Å². The van der Waals surface area contributed by atoms with Crippen molar-refractivity contribution in [2.75, 3.05) is 11.6 Å². The molecule has 0 bridgehead atoms. The van der Waals surface area contributed by atoms with Crippen molar-refractivity contribution in [3.8, 4) is 0 Å². The first-order valence-electron chi connectivity index (χ1n) is 7.52. The number of aromatic nitrogens is 3. The van der Waals surface area contributed by atoms with Crippen LogP contribution in [0.15, 0.2) is 23.4 Å². The first kappa shape index (κ1) is 20.4. The largest absolute Gasteiger partial charge is 0.417 e. The van der Waals surface area contributed by atoms with Crippen molar-refractivity contribution in [2.24, 2.45) is 0 Å². The zero-order valence-corrected chi connectivity index (χ0v) is 15.8. The summed E-state index contributed by atoms with van der Waals surface area (Å²) in [6.07, 6.45) is -2.74. The minimum absolute atomic E-state index is 0.0191. The lowest BCUT2D eigenvalue weighted by Gasteiger charge is -2.14. The van der Waals surface area contributed by atoms with Crippen LogP contribution < -0.4 is 10.6 Å². The number of amides is 2. The van der Waals surface area contributed by atoms with Gasteiger partial charge in [0.25, 0.3) is 0 Å². The number of anilines is 1. The molecule has 0 atom stereocenters. The molecule has 2 N–H and O–H groups in total. The van der Waals surface area contributed by atoms with Crippen LogP contribution in [0.2, 0.25) is 5.02 Å². The fraction of sp³-hybridized carbons (Fsp3) is 0.400. The minimum atomic E-state index is -4.60. The van der Waals surface area contributed by atoms with E-state index in [1.807, 2.05) is 24.7 Å². The maximum atomic E-state index is 12.9. The van der Waals surface area contributed by atoms with Gasteiger partial charge in [-0.1, -0.05) is 23.4 Å². The fourth-order valence-corrected chi connectivity index (χ4v) is 3.10. The number of hydrogen-bond donors (Lipinski definition) is 2. The number of hydrogen-bond acceptors (Lipinski definition) is 4. The lowest BCUT2D eigenvalue weighted by atomic mass is 10.2. The highest BCUT2D eigenvalue weighted by Gasteiger charge is 2.33. The predicted octanol–water partition coefficient (Wildman–Crippen LogP) is 4.57. The smallest absolute Gasteiger partial charge is 0.331 e. The van der Waals surface area contributed by atoms with Gasteiger partial charge in [-0.05, 0) is 38.3 Å². The van der Waals surface area contributed by atoms with Crippen LogP contribution in [0.3, 0.4) is 0 Å². The van der Waals surface area contributed by atoms with Crippen LogP contribution in [-0.4, -0.2) is 27.1 Å². The van der Waals surface area contributed by atoms with Crippen molar-refractivity contribution in [1.82, 2.24) is 20.1 Å². The third-order valence-electron chi connectivity index (χ3n) is 3.37. The molecule has 2 aromatic rings. The summed E-state index contributed by atoms with van der Waals surface area (Å²) >= 11 is 6.98. The lowest BCUT2D eigenvalue weighted by Crippen LogP contribution is -2.29. The lowest BCUT2D eigenvalue weighted by molar-refractivity contribution is -0.137. The van der Waals surface area contributed by atoms with Gasteiger partial charge >= 0.3 is 12.2 Å². The van der Waals surface area contributed by atoms with Gasteiger partial charge in [0.1, 0.15) is 0 Å². The van der Waals surface area contributed by atoms with Gasteiger partial charge in [0.2, 0.25) is 0 Å². The van der Waals surface area contributed by atoms with Gasteiger partial charge in [-0.15, -0.1) is 10.2 Å². The van der Waals surface area contributed by atoms with Crippen LogP contribution in [0.5, 0.6) is 0 Å². The quantitative estimate of drug-likeness (QED) is 0.712. The van der Waals surface area contributed by atoms with Gasteiger partial charge in [-0.2, -0.15) is 13.2 Å². The molecular weight excluding hydrogens is 391 g/mol. The van der Waals surface area contributed by atoms with E-state index >= 15 is 0 Å². The Hall–Kier alpha value is -1.94. The van der Waals surface area contributed by atoms with Gasteiger partial charge in [-0.25, -0.2) is 4.79 Å². The van der Waals surface area contributed by atoms with Crippen molar-refractivity contribution in [2.45, 2.75) is 37.8 Å². The Morgan fingerprint density at radius 3 is 2.62 bits per heavy atom. The monoisotopic (exact) mass is 407 g/mol. The van der Waals surface area contributed by atoms with Crippen molar-refractivity contribution in [1.29, 1.82) is 0 Å². The summed E-state index contributed by atoms with van der Waals surface area (Å²) in [6, 6.07) is 2.59. The topological polar surface area (TPSA) is 71.8 Å². The van der Waals surface area contributed by atoms with Gasteiger partial charge in [0, 0.05) is 11.7 Å². The molecule has 0 spiro atoms. The van der Waals surface area contributed by atoms with E-state index < -0.39 is 22.8 Å². The molecule has 142 valence electrons. The summed E-state index contributed by atoms with van der Waals surface area (Å²) < 4.78 is 40.4. The number of rotatable bonds is 5. The molecule has 0 unspecified atom stereocenters. The number of thioether (sulfide) groups is 1. The van der Waals surface area contributed by atoms with Crippen molar-refractivity contribution >= 4 is 35.1 Å². The summed E-state index contributed by atoms with van der Waals surface area (Å²) in [6.45, 7) is 4.00. The Labute approximate surface area is 157 Å². The molecule has 1 heterocycles. The van der Waals surface area contributed by atoms with E-state index in [0.717, 1.165) is 12.1 Å². The third-order valence-corrected chi connectivity index (χ3v) is 4.34. The van der Waals surface area contributed by atoms with Crippen LogP contribution >= 0.6 is 23.4 Å². The van der Waals surface area contributed by atoms with Gasteiger partial charge in [-0.3, -0.25) is 0 Å². The molecule has 0 aliphatic heterocycles. The second kappa shape index (κ2) is 8.17. The van der Waals surface area contributed by atoms with Crippen LogP contribution in [0.4, 0.5) is 23.7 Å². The van der Waals surface area contributed by atoms with Crippen LogP contribution in [-0.2, 0) is 12.7 Å². The van der Waals surface area contributed by atoms with Crippen molar-refractivity contribution in [3.05, 3.63) is 34.6 Å². The van der Waals surface area contributed by atoms with Crippen molar-refractivity contribution < 1.29 is 18.0 Å². The predicted molar refractivity (Wildman–Crippen MR) is 94.5 cm³/mol. The average molecular weight is 408 g/mol. The fourth-order valence-electron chi connectivity index (χ4n) is 2.24. The second-order valence-corrected chi connectivity index (χ2v) is 6.75. The Kier molecular flexibility index (Phi) is 6.40. The maximum absolute atomic E-state index is 12.9. The highest BCUT2D eigenvalue weighted by molar-refractivity contribution is 7.98. The van der Waals surface area contributed by atoms with Gasteiger partial charge < -0.3 is 15.2 Å². The molecule has 0 aliphatic rings. The number of carbonyl (C=O) groups is 1. The summed E-state index contributed by atoms with van der Waals surface area (Å²) in [4.78, 5) is 12.0. The van der Waals surface area contributed by atoms with Gasteiger partial charge in [0.05, 0.1) is 17.1 Å². The molecule has 0 fully saturated rings. The Bertz CT molecular complexity index is 794. The van der Waals surface area contributed by atoms with E-state index in [1.54, 1.807) is 0 Å². The third kappa shape index (κ3) is 4.82. The molecular formula is C15H17ClF3N5OS. The molecule has 6 nitrogen and oxygen atoms in total. The zero-order chi connectivity index (χ0) is 19.5. The molecule has 26 heavy (non-hydrogen) atoms. The van der Waals surface area contributed by atoms with E-state index in [9.17, 15) is 18.0 Å². The number of alkyl halides is 3. The van der Waals surface area contributed by atoms with Crippen molar-refractivity contribution in [3.63, 3.8) is 0 Å². The Balaban J connectivity index is 2.06. The molecule has 11 heteroatoms. The summed E-state index contributed by atoms with van der Waals surface area (Å²) in [5.74, 6) is 0.548. The van der Waals surface area contributed by atoms with Gasteiger partial charge in [0.15, 0.2) is 11.0 Å². The average Bonchev–Trinajstić information content (AvgIpc) is 2.97. The molecule has 1 aromatic heterocycles. The van der Waals surface area contributed by atoms with E-state index in [2.05, 4.69) is 20.8 Å². The summed E-state index contributed by atoms with van der Waals surface area (Å²) in [5, 5.41) is 13.2. The summed E-state index contributed by atoms with van der Waals surface area (Å²) in [5.41, 5.74) is -1.03. The molecule has 2 amide bonds. The molecule has 0 aliphatic carbocycles. The normalized spacial score (nSPS) is 11.7. The number of nitrogens with zero attached hydrogens (tertiary/aromatic N) is 3. The standard InChI is InChI=1S/C15H17ClF3N5OS/c1-8(2)24-12(22-23-14(24)26-3)7-20-13(25)21-9-4-5-11(16)10(6-9)15(17,18)19/h4-6,8H,7H2,1-3H3,(H2,20,21,25). The van der Waals surface area contributed by atoms with E-state index in [1.165, 1.54) is 17.8 Å². The minimum Gasteiger partial charge on any atom is -0.331 e. The second-order valence-electron chi connectivity index (χ2n) is 5.57. The van der Waals surface area contributed by atoms with Crippen LogP contribution in [0.25, 0.3) is 0 Å². The molecule has 0 radical (unpaired) electrons. The Morgan fingerprint density at radius 2 is 2.04 bits per heavy atom.